The molecule has 0 amide bonds. The molecule has 0 spiro atoms. The molecule has 0 aromatic carbocycles. The normalized spacial score (nSPS) is 12.8. The minimum atomic E-state index is -1.13. The molecule has 4 aromatic heterocycles. The maximum atomic E-state index is 8.64. The van der Waals surface area contributed by atoms with Crippen LogP contribution in [-0.2, 0) is 7.05 Å². The first kappa shape index (κ1) is 21.6. The van der Waals surface area contributed by atoms with Gasteiger partial charge in [-0.1, -0.05) is 0 Å². The first-order chi connectivity index (χ1) is 14.9. The molecule has 4 heterocycles. The standard InChI is InChI=1S/C16H14N6.C5H7N2S.Sn/c1-18-9-13(16(17)12-8-21-22(2)10-12)11-6-15-14(20-7-11)4-3-5-19-15;1-4(2)5-7-6-3-8-5;/h3-4,6-10,17H,1-2H3;4H,1-2H3;/q-1;;/b16-13+,18-9?;;. The van der Waals surface area contributed by atoms with E-state index in [1.165, 1.54) is 0 Å². The summed E-state index contributed by atoms with van der Waals surface area (Å²) in [6, 6.07) is 6.03. The van der Waals surface area contributed by atoms with Gasteiger partial charge in [-0.25, -0.2) is 0 Å². The molecule has 156 valence electrons. The number of aryl methyl sites for hydroxylation is 1. The van der Waals surface area contributed by atoms with Crippen LogP contribution in [0.4, 0.5) is 0 Å². The fourth-order valence-corrected chi connectivity index (χ4v) is 7.54. The van der Waals surface area contributed by atoms with Gasteiger partial charge in [0.15, 0.2) is 0 Å². The van der Waals surface area contributed by atoms with E-state index in [-0.39, 0.29) is 0 Å². The molecule has 2 radical (unpaired) electrons. The first-order valence-corrected chi connectivity index (χ1v) is 13.4. The fraction of sp³-hybridized carbons (Fsp3) is 0.238. The zero-order valence-electron chi connectivity index (χ0n) is 17.7. The van der Waals surface area contributed by atoms with E-state index < -0.39 is 21.1 Å². The Morgan fingerprint density at radius 2 is 2.03 bits per heavy atom. The van der Waals surface area contributed by atoms with Crippen molar-refractivity contribution in [1.29, 1.82) is 0 Å². The molecule has 4 aromatic rings. The number of nitrogens with zero attached hydrogens (tertiary/aromatic N) is 7. The SMILES string of the molecule is CN=C/C(=C(\[NH-])c1cnn(C)c1)c1cnc2cc[c]([Sn][c]3nnc(C(C)C)s3)nc2c1. The molecule has 0 fully saturated rings. The molecule has 10 heteroatoms. The fourth-order valence-electron chi connectivity index (χ4n) is 2.97. The zero-order chi connectivity index (χ0) is 22.0. The number of fused-ring (bicyclic) bond motifs is 1. The Hall–Kier alpha value is -2.66. The number of allylic oxidation sites excluding steroid dienone is 1. The monoisotopic (exact) mass is 537 g/mol. The molecule has 0 atom stereocenters. The van der Waals surface area contributed by atoms with Gasteiger partial charge >= 0.3 is 195 Å². The third-order valence-corrected chi connectivity index (χ3v) is 9.56. The number of hydrogen-bond donors (Lipinski definition) is 0. The molecule has 0 aliphatic carbocycles. The van der Waals surface area contributed by atoms with Gasteiger partial charge in [0.25, 0.3) is 0 Å². The van der Waals surface area contributed by atoms with Crippen molar-refractivity contribution in [1.82, 2.24) is 29.9 Å². The summed E-state index contributed by atoms with van der Waals surface area (Å²) < 4.78 is 3.88. The van der Waals surface area contributed by atoms with Gasteiger partial charge in [0, 0.05) is 0 Å². The summed E-state index contributed by atoms with van der Waals surface area (Å²) in [4.78, 5) is 13.6. The summed E-state index contributed by atoms with van der Waals surface area (Å²) in [5.41, 5.74) is 12.8. The summed E-state index contributed by atoms with van der Waals surface area (Å²) in [5, 5.41) is 13.9. The second-order valence-electron chi connectivity index (χ2n) is 7.26. The predicted molar refractivity (Wildman–Crippen MR) is 127 cm³/mol. The van der Waals surface area contributed by atoms with Gasteiger partial charge in [0.2, 0.25) is 0 Å². The molecule has 0 bridgehead atoms. The van der Waals surface area contributed by atoms with Crippen LogP contribution in [0.2, 0.25) is 0 Å². The Bertz CT molecular complexity index is 1290. The van der Waals surface area contributed by atoms with Gasteiger partial charge in [-0.2, -0.15) is 0 Å². The Balaban J connectivity index is 1.71. The second kappa shape index (κ2) is 9.23. The van der Waals surface area contributed by atoms with E-state index >= 15 is 0 Å². The molecule has 0 aliphatic heterocycles. The molecular weight excluding hydrogens is 515 g/mol. The molecule has 31 heavy (non-hydrogen) atoms. The average molecular weight is 536 g/mol. The van der Waals surface area contributed by atoms with Crippen LogP contribution in [0.25, 0.3) is 28.0 Å². The van der Waals surface area contributed by atoms with Crippen LogP contribution < -0.4 is 6.73 Å². The average Bonchev–Trinajstić information content (AvgIpc) is 3.40. The van der Waals surface area contributed by atoms with Gasteiger partial charge < -0.3 is 0 Å². The topological polar surface area (TPSA) is 106 Å². The molecule has 8 nitrogen and oxygen atoms in total. The van der Waals surface area contributed by atoms with Crippen molar-refractivity contribution in [2.75, 3.05) is 7.05 Å². The number of hydrogen-bond acceptors (Lipinski definition) is 7. The van der Waals surface area contributed by atoms with E-state index in [1.54, 1.807) is 41.7 Å². The quantitative estimate of drug-likeness (QED) is 0.279. The van der Waals surface area contributed by atoms with E-state index in [0.717, 1.165) is 33.9 Å². The number of rotatable bonds is 6. The first-order valence-electron chi connectivity index (χ1n) is 9.69. The van der Waals surface area contributed by atoms with Crippen molar-refractivity contribution < 1.29 is 0 Å². The summed E-state index contributed by atoms with van der Waals surface area (Å²) >= 11 is 0.568. The van der Waals surface area contributed by atoms with E-state index in [0.29, 0.717) is 17.2 Å². The molecule has 0 saturated heterocycles. The summed E-state index contributed by atoms with van der Waals surface area (Å²) in [6.45, 7) is 4.27. The van der Waals surface area contributed by atoms with Crippen molar-refractivity contribution in [3.63, 3.8) is 0 Å². The van der Waals surface area contributed by atoms with Gasteiger partial charge in [-0.15, -0.1) is 0 Å². The van der Waals surface area contributed by atoms with Gasteiger partial charge in [0.1, 0.15) is 0 Å². The minimum absolute atomic E-state index is 0.350. The Morgan fingerprint density at radius 1 is 1.19 bits per heavy atom. The van der Waals surface area contributed by atoms with Crippen LogP contribution >= 0.6 is 11.3 Å². The van der Waals surface area contributed by atoms with E-state index in [4.69, 9.17) is 10.7 Å². The summed E-state index contributed by atoms with van der Waals surface area (Å²) in [6.07, 6.45) is 6.95. The van der Waals surface area contributed by atoms with Crippen LogP contribution in [0.5, 0.6) is 0 Å². The Morgan fingerprint density at radius 3 is 2.71 bits per heavy atom. The third kappa shape index (κ3) is 4.82. The van der Waals surface area contributed by atoms with Crippen molar-refractivity contribution in [3.05, 3.63) is 58.7 Å². The van der Waals surface area contributed by atoms with Crippen LogP contribution in [0.1, 0.15) is 35.9 Å². The number of aromatic nitrogens is 6. The second-order valence-corrected chi connectivity index (χ2v) is 12.8. The number of aliphatic imine (C=N–C) groups is 1. The van der Waals surface area contributed by atoms with Gasteiger partial charge in [-0.3, -0.25) is 0 Å². The van der Waals surface area contributed by atoms with Crippen molar-refractivity contribution in [2.24, 2.45) is 12.0 Å². The van der Waals surface area contributed by atoms with Crippen LogP contribution in [0.3, 0.4) is 0 Å². The Kier molecular flexibility index (Phi) is 6.42. The molecule has 4 rings (SSSR count). The molecule has 0 unspecified atom stereocenters. The van der Waals surface area contributed by atoms with E-state index in [9.17, 15) is 0 Å². The Labute approximate surface area is 194 Å². The van der Waals surface area contributed by atoms with Crippen molar-refractivity contribution in [2.45, 2.75) is 19.8 Å². The molecule has 1 N–H and O–H groups in total. The summed E-state index contributed by atoms with van der Waals surface area (Å²) in [7, 11) is 3.53. The van der Waals surface area contributed by atoms with E-state index in [2.05, 4.69) is 39.1 Å². The number of pyridine rings is 2. The molecule has 0 saturated carbocycles. The predicted octanol–water partition coefficient (Wildman–Crippen LogP) is 2.61. The maximum absolute atomic E-state index is 8.64. The third-order valence-electron chi connectivity index (χ3n) is 4.54. The van der Waals surface area contributed by atoms with Crippen molar-refractivity contribution in [3.8, 4) is 0 Å². The molecule has 0 aliphatic rings. The summed E-state index contributed by atoms with van der Waals surface area (Å²) in [5.74, 6) is 0.395. The van der Waals surface area contributed by atoms with Gasteiger partial charge in [-0.05, 0) is 0 Å². The number of nitrogens with one attached hydrogen (secondary N) is 1. The van der Waals surface area contributed by atoms with Crippen molar-refractivity contribution >= 4 is 67.7 Å². The zero-order valence-corrected chi connectivity index (χ0v) is 21.3. The van der Waals surface area contributed by atoms with Crippen LogP contribution in [0, 0.1) is 0 Å². The molecular formula is C21H21N8SSn-. The van der Waals surface area contributed by atoms with Gasteiger partial charge in [0.05, 0.1) is 0 Å². The van der Waals surface area contributed by atoms with E-state index in [1.807, 2.05) is 31.4 Å². The van der Waals surface area contributed by atoms with Crippen LogP contribution in [-0.4, -0.2) is 64.4 Å². The van der Waals surface area contributed by atoms with Crippen LogP contribution in [0.15, 0.2) is 41.8 Å².